The molecule has 0 aliphatic heterocycles. The quantitative estimate of drug-likeness (QED) is 0.316. The first kappa shape index (κ1) is 23.4. The van der Waals surface area contributed by atoms with Gasteiger partial charge in [-0.15, -0.1) is 0 Å². The van der Waals surface area contributed by atoms with E-state index in [4.69, 9.17) is 0 Å². The van der Waals surface area contributed by atoms with Crippen molar-refractivity contribution in [3.63, 3.8) is 0 Å². The topological polar surface area (TPSA) is 57.2 Å². The SMILES string of the molecule is Cc1ccccc1[SH2+].O=S(=O)([O-])c1ccccc1.c1ccc(-c2ccccc2)cc1. The van der Waals surface area contributed by atoms with Crippen molar-refractivity contribution < 1.29 is 13.0 Å². The normalized spacial score (nSPS) is 10.1. The van der Waals surface area contributed by atoms with E-state index < -0.39 is 10.1 Å². The van der Waals surface area contributed by atoms with Gasteiger partial charge in [0.2, 0.25) is 0 Å². The van der Waals surface area contributed by atoms with E-state index in [0.717, 1.165) is 0 Å². The van der Waals surface area contributed by atoms with Gasteiger partial charge in [-0.05, 0) is 48.9 Å². The maximum Gasteiger partial charge on any atom is 0.153 e. The number of benzene rings is 4. The van der Waals surface area contributed by atoms with Crippen LogP contribution in [0.4, 0.5) is 0 Å². The predicted molar refractivity (Wildman–Crippen MR) is 126 cm³/mol. The Labute approximate surface area is 184 Å². The van der Waals surface area contributed by atoms with Gasteiger partial charge >= 0.3 is 0 Å². The number of hydrogen-bond acceptors (Lipinski definition) is 3. The highest BCUT2D eigenvalue weighted by atomic mass is 32.2. The highest BCUT2D eigenvalue weighted by Crippen LogP contribution is 2.17. The first-order valence-corrected chi connectivity index (χ1v) is 11.2. The minimum atomic E-state index is -4.25. The Kier molecular flexibility index (Phi) is 9.35. The van der Waals surface area contributed by atoms with Crippen LogP contribution in [0.3, 0.4) is 0 Å². The van der Waals surface area contributed by atoms with Crippen molar-refractivity contribution in [2.24, 2.45) is 0 Å². The first-order valence-electron chi connectivity index (χ1n) is 9.26. The number of hydrogen-bond donors (Lipinski definition) is 0. The van der Waals surface area contributed by atoms with Gasteiger partial charge in [-0.3, -0.25) is 0 Å². The van der Waals surface area contributed by atoms with Crippen molar-refractivity contribution in [2.45, 2.75) is 16.7 Å². The molecule has 0 aliphatic carbocycles. The highest BCUT2D eigenvalue weighted by Gasteiger charge is 1.96. The summed E-state index contributed by atoms with van der Waals surface area (Å²) in [5.74, 6) is 0. The molecule has 0 fully saturated rings. The molecule has 0 amide bonds. The van der Waals surface area contributed by atoms with Gasteiger partial charge in [-0.25, -0.2) is 8.42 Å². The van der Waals surface area contributed by atoms with Gasteiger partial charge in [0, 0.05) is 5.56 Å². The molecule has 0 saturated carbocycles. The van der Waals surface area contributed by atoms with Gasteiger partial charge < -0.3 is 4.55 Å². The zero-order valence-corrected chi connectivity index (χ0v) is 18.4. The molecular weight excluding hydrogens is 412 g/mol. The molecule has 4 aromatic rings. The van der Waals surface area contributed by atoms with Crippen molar-refractivity contribution in [3.05, 3.63) is 121 Å². The fraction of sp³-hybridized carbons (Fsp3) is 0.0400. The average molecular weight is 437 g/mol. The lowest BCUT2D eigenvalue weighted by atomic mass is 10.1. The van der Waals surface area contributed by atoms with Crippen molar-refractivity contribution in [2.75, 3.05) is 0 Å². The summed E-state index contributed by atoms with van der Waals surface area (Å²) in [6.07, 6.45) is 0. The Morgan fingerprint density at radius 2 is 0.967 bits per heavy atom. The third-order valence-corrected chi connectivity index (χ3v) is 5.47. The monoisotopic (exact) mass is 436 g/mol. The summed E-state index contributed by atoms with van der Waals surface area (Å²) in [7, 11) is -4.25. The van der Waals surface area contributed by atoms with Gasteiger partial charge in [0.15, 0.2) is 4.90 Å². The van der Waals surface area contributed by atoms with Crippen LogP contribution in [0, 0.1) is 6.92 Å². The van der Waals surface area contributed by atoms with Crippen LogP contribution in [0.1, 0.15) is 5.56 Å². The van der Waals surface area contributed by atoms with Crippen LogP contribution in [0.25, 0.3) is 11.1 Å². The zero-order valence-electron chi connectivity index (χ0n) is 16.6. The highest BCUT2D eigenvalue weighted by molar-refractivity contribution is 7.85. The smallest absolute Gasteiger partial charge is 0.153 e. The molecule has 30 heavy (non-hydrogen) atoms. The molecule has 0 aromatic heterocycles. The van der Waals surface area contributed by atoms with Gasteiger partial charge in [0.25, 0.3) is 0 Å². The Bertz CT molecular complexity index is 1050. The van der Waals surface area contributed by atoms with Gasteiger partial charge in [0.1, 0.15) is 10.1 Å². The van der Waals surface area contributed by atoms with E-state index in [1.807, 2.05) is 30.3 Å². The Morgan fingerprint density at radius 1 is 0.600 bits per heavy atom. The first-order chi connectivity index (χ1) is 14.4. The summed E-state index contributed by atoms with van der Waals surface area (Å²) >= 11 is 3.44. The van der Waals surface area contributed by atoms with E-state index in [2.05, 4.69) is 74.1 Å². The molecule has 4 aromatic carbocycles. The van der Waals surface area contributed by atoms with Crippen LogP contribution in [-0.2, 0) is 22.7 Å². The van der Waals surface area contributed by atoms with Crippen LogP contribution in [0.2, 0.25) is 0 Å². The van der Waals surface area contributed by atoms with Crippen LogP contribution < -0.4 is 0 Å². The molecule has 0 unspecified atom stereocenters. The maximum atomic E-state index is 10.3. The molecule has 0 N–H and O–H groups in total. The van der Waals surface area contributed by atoms with Gasteiger partial charge in [0.05, 0.1) is 4.90 Å². The molecule has 0 bridgehead atoms. The zero-order chi connectivity index (χ0) is 21.8. The summed E-state index contributed by atoms with van der Waals surface area (Å²) in [4.78, 5) is 0.988. The lowest BCUT2D eigenvalue weighted by molar-refractivity contribution is 0.463. The summed E-state index contributed by atoms with van der Waals surface area (Å²) < 4.78 is 30.8. The summed E-state index contributed by atoms with van der Waals surface area (Å²) in [6.45, 7) is 2.07. The summed E-state index contributed by atoms with van der Waals surface area (Å²) in [5, 5.41) is 0. The summed E-state index contributed by atoms with van der Waals surface area (Å²) in [6, 6.07) is 36.1. The fourth-order valence-electron chi connectivity index (χ4n) is 2.42. The molecule has 0 aliphatic rings. The van der Waals surface area contributed by atoms with Crippen LogP contribution in [0.5, 0.6) is 0 Å². The second-order valence-electron chi connectivity index (χ2n) is 6.31. The van der Waals surface area contributed by atoms with Gasteiger partial charge in [-0.1, -0.05) is 97.1 Å². The molecule has 0 atom stereocenters. The minimum absolute atomic E-state index is 0.185. The van der Waals surface area contributed by atoms with E-state index >= 15 is 0 Å². The van der Waals surface area contributed by atoms with Gasteiger partial charge in [-0.2, -0.15) is 0 Å². The third kappa shape index (κ3) is 8.25. The lowest BCUT2D eigenvalue weighted by Gasteiger charge is -2.04. The Balaban J connectivity index is 0.000000164. The molecule has 4 rings (SSSR count). The minimum Gasteiger partial charge on any atom is -0.744 e. The van der Waals surface area contributed by atoms with E-state index in [0.29, 0.717) is 0 Å². The Morgan fingerprint density at radius 3 is 1.27 bits per heavy atom. The maximum absolute atomic E-state index is 10.3. The second-order valence-corrected chi connectivity index (χ2v) is 8.23. The molecule has 0 heterocycles. The van der Waals surface area contributed by atoms with Crippen molar-refractivity contribution in [3.8, 4) is 11.1 Å². The molecule has 5 heteroatoms. The predicted octanol–water partition coefficient (Wildman–Crippen LogP) is 5.31. The molecule has 0 saturated heterocycles. The largest absolute Gasteiger partial charge is 0.744 e. The van der Waals surface area contributed by atoms with Crippen LogP contribution in [-0.4, -0.2) is 13.0 Å². The summed E-state index contributed by atoms with van der Waals surface area (Å²) in [5.41, 5.74) is 3.83. The lowest BCUT2D eigenvalue weighted by Crippen LogP contribution is -1.96. The second kappa shape index (κ2) is 12.0. The molecule has 0 radical (unpaired) electrons. The number of aryl methyl sites for hydroxylation is 1. The van der Waals surface area contributed by atoms with Crippen molar-refractivity contribution in [1.82, 2.24) is 0 Å². The standard InChI is InChI=1S/C12H10.C7H8S.C6H6O3S/c1-3-7-11(8-4-1)12-9-5-2-6-10-12;1-6-4-2-3-5-7(6)8;7-10(8,9)6-4-2-1-3-5-6/h1-10H;2-5,8H,1H3;1-5H,(H,7,8,9). The van der Waals surface area contributed by atoms with Crippen LogP contribution in [0.15, 0.2) is 125 Å². The Hall–Kier alpha value is -2.86. The van der Waals surface area contributed by atoms with E-state index in [1.54, 1.807) is 6.07 Å². The van der Waals surface area contributed by atoms with E-state index in [9.17, 15) is 13.0 Å². The third-order valence-electron chi connectivity index (χ3n) is 4.06. The van der Waals surface area contributed by atoms with Crippen LogP contribution >= 0.6 is 0 Å². The molecule has 154 valence electrons. The number of rotatable bonds is 2. The fourth-order valence-corrected chi connectivity index (χ4v) is 3.09. The molecule has 0 spiro atoms. The molecule has 3 nitrogen and oxygen atoms in total. The van der Waals surface area contributed by atoms with Crippen molar-refractivity contribution in [1.29, 1.82) is 0 Å². The molecular formula is C25H24O3S2. The van der Waals surface area contributed by atoms with E-state index in [1.165, 1.54) is 45.9 Å². The average Bonchev–Trinajstić information content (AvgIpc) is 2.78. The van der Waals surface area contributed by atoms with E-state index in [-0.39, 0.29) is 4.90 Å². The van der Waals surface area contributed by atoms with Crippen molar-refractivity contribution >= 4 is 22.7 Å².